The highest BCUT2D eigenvalue weighted by atomic mass is 16.6. The number of amides is 2. The number of methoxy groups -OCH3 is 2. The van der Waals surface area contributed by atoms with Gasteiger partial charge in [0.2, 0.25) is 5.91 Å². The van der Waals surface area contributed by atoms with Crippen LogP contribution in [0, 0.1) is 11.8 Å². The van der Waals surface area contributed by atoms with Gasteiger partial charge in [-0.25, -0.2) is 4.79 Å². The van der Waals surface area contributed by atoms with Crippen molar-refractivity contribution in [2.45, 2.75) is 26.4 Å². The number of carbonyl (C=O) groups is 3. The maximum atomic E-state index is 12.8. The number of carbonyl (C=O) groups excluding carboxylic acids is 2. The third-order valence-corrected chi connectivity index (χ3v) is 4.29. The molecule has 0 unspecified atom stereocenters. The molecule has 0 aromatic heterocycles. The summed E-state index contributed by atoms with van der Waals surface area (Å²) in [5.74, 6) is -2.73. The lowest BCUT2D eigenvalue weighted by Crippen LogP contribution is -2.36. The Morgan fingerprint density at radius 3 is 2.29 bits per heavy atom. The highest BCUT2D eigenvalue weighted by molar-refractivity contribution is 5.97. The Labute approximate surface area is 163 Å². The smallest absolute Gasteiger partial charge is 0.410 e. The first kappa shape index (κ1) is 21.3. The molecular formula is C19H26N2O7. The van der Waals surface area contributed by atoms with Gasteiger partial charge in [0.05, 0.1) is 31.7 Å². The number of likely N-dealkylation sites (tertiary alicyclic amines) is 1. The fraction of sp³-hybridized carbons (Fsp3) is 0.526. The second-order valence-electron chi connectivity index (χ2n) is 7.49. The number of ether oxygens (including phenoxy) is 3. The number of nitrogens with zero attached hydrogens (tertiary/aromatic N) is 1. The van der Waals surface area contributed by atoms with Crippen molar-refractivity contribution >= 4 is 23.7 Å². The van der Waals surface area contributed by atoms with Crippen molar-refractivity contribution in [3.63, 3.8) is 0 Å². The number of carboxylic acid groups (broad SMARTS) is 1. The van der Waals surface area contributed by atoms with Gasteiger partial charge in [0, 0.05) is 19.2 Å². The fourth-order valence-corrected chi connectivity index (χ4v) is 2.93. The molecule has 2 N–H and O–H groups in total. The maximum absolute atomic E-state index is 12.8. The number of rotatable bonds is 5. The monoisotopic (exact) mass is 394 g/mol. The Balaban J connectivity index is 2.19. The molecule has 154 valence electrons. The van der Waals surface area contributed by atoms with Crippen LogP contribution in [0.5, 0.6) is 11.5 Å². The predicted octanol–water partition coefficient (Wildman–Crippen LogP) is 2.21. The highest BCUT2D eigenvalue weighted by Crippen LogP contribution is 2.32. The normalized spacial score (nSPS) is 19.1. The Morgan fingerprint density at radius 2 is 1.75 bits per heavy atom. The van der Waals surface area contributed by atoms with Gasteiger partial charge in [-0.1, -0.05) is 0 Å². The van der Waals surface area contributed by atoms with E-state index in [4.69, 9.17) is 14.2 Å². The molecule has 0 radical (unpaired) electrons. The third kappa shape index (κ3) is 5.05. The number of hydrogen-bond acceptors (Lipinski definition) is 6. The average molecular weight is 394 g/mol. The van der Waals surface area contributed by atoms with Gasteiger partial charge in [0.15, 0.2) is 0 Å². The summed E-state index contributed by atoms with van der Waals surface area (Å²) in [5.41, 5.74) is -0.365. The van der Waals surface area contributed by atoms with Crippen molar-refractivity contribution in [3.8, 4) is 11.5 Å². The second-order valence-corrected chi connectivity index (χ2v) is 7.49. The molecule has 1 aliphatic heterocycles. The third-order valence-electron chi connectivity index (χ3n) is 4.29. The zero-order valence-electron chi connectivity index (χ0n) is 16.6. The quantitative estimate of drug-likeness (QED) is 0.787. The molecule has 1 aromatic carbocycles. The SMILES string of the molecule is COc1ccc(OC)c(NC(=O)[C@@H]2CN(C(=O)OC(C)(C)C)C[C@@H]2C(=O)O)c1. The Kier molecular flexibility index (Phi) is 6.37. The minimum Gasteiger partial charge on any atom is -0.497 e. The number of benzene rings is 1. The largest absolute Gasteiger partial charge is 0.497 e. The van der Waals surface area contributed by atoms with E-state index in [0.717, 1.165) is 0 Å². The van der Waals surface area contributed by atoms with E-state index in [9.17, 15) is 19.5 Å². The predicted molar refractivity (Wildman–Crippen MR) is 101 cm³/mol. The molecule has 0 saturated carbocycles. The van der Waals surface area contributed by atoms with Crippen LogP contribution in [-0.4, -0.2) is 60.9 Å². The van der Waals surface area contributed by atoms with Crippen LogP contribution in [0.2, 0.25) is 0 Å². The van der Waals surface area contributed by atoms with Gasteiger partial charge >= 0.3 is 12.1 Å². The zero-order valence-corrected chi connectivity index (χ0v) is 16.6. The van der Waals surface area contributed by atoms with Crippen molar-refractivity contribution in [2.24, 2.45) is 11.8 Å². The summed E-state index contributed by atoms with van der Waals surface area (Å²) in [6, 6.07) is 4.88. The number of nitrogens with one attached hydrogen (secondary N) is 1. The van der Waals surface area contributed by atoms with Crippen LogP contribution in [0.15, 0.2) is 18.2 Å². The summed E-state index contributed by atoms with van der Waals surface area (Å²) in [4.78, 5) is 38.0. The number of carboxylic acids is 1. The van der Waals surface area contributed by atoms with Crippen molar-refractivity contribution in [2.75, 3.05) is 32.6 Å². The summed E-state index contributed by atoms with van der Waals surface area (Å²) in [6.45, 7) is 5.00. The van der Waals surface area contributed by atoms with E-state index in [-0.39, 0.29) is 13.1 Å². The van der Waals surface area contributed by atoms with Crippen molar-refractivity contribution in [3.05, 3.63) is 18.2 Å². The Hall–Kier alpha value is -2.97. The first-order chi connectivity index (χ1) is 13.1. The lowest BCUT2D eigenvalue weighted by molar-refractivity contribution is -0.144. The first-order valence-electron chi connectivity index (χ1n) is 8.79. The lowest BCUT2D eigenvalue weighted by atomic mass is 9.95. The molecule has 9 nitrogen and oxygen atoms in total. The molecule has 0 spiro atoms. The molecule has 0 bridgehead atoms. The van der Waals surface area contributed by atoms with E-state index in [0.29, 0.717) is 17.2 Å². The van der Waals surface area contributed by atoms with Crippen LogP contribution in [0.4, 0.5) is 10.5 Å². The highest BCUT2D eigenvalue weighted by Gasteiger charge is 2.44. The summed E-state index contributed by atoms with van der Waals surface area (Å²) in [6.07, 6.45) is -0.645. The molecule has 1 heterocycles. The van der Waals surface area contributed by atoms with E-state index in [2.05, 4.69) is 5.32 Å². The standard InChI is InChI=1S/C19H26N2O7/c1-19(2,3)28-18(25)21-9-12(13(10-21)17(23)24)16(22)20-14-8-11(26-4)6-7-15(14)27-5/h6-8,12-13H,9-10H2,1-5H3,(H,20,22)(H,23,24)/t12-,13+/m1/s1. The zero-order chi connectivity index (χ0) is 21.1. The van der Waals surface area contributed by atoms with E-state index in [1.54, 1.807) is 39.0 Å². The summed E-state index contributed by atoms with van der Waals surface area (Å²) < 4.78 is 15.7. The lowest BCUT2D eigenvalue weighted by Gasteiger charge is -2.24. The molecule has 1 fully saturated rings. The van der Waals surface area contributed by atoms with Gasteiger partial charge < -0.3 is 29.5 Å². The van der Waals surface area contributed by atoms with E-state index in [1.165, 1.54) is 19.1 Å². The summed E-state index contributed by atoms with van der Waals surface area (Å²) >= 11 is 0. The van der Waals surface area contributed by atoms with E-state index >= 15 is 0 Å². The molecule has 28 heavy (non-hydrogen) atoms. The topological polar surface area (TPSA) is 114 Å². The molecule has 9 heteroatoms. The number of hydrogen-bond donors (Lipinski definition) is 2. The van der Waals surface area contributed by atoms with E-state index in [1.807, 2.05) is 0 Å². The van der Waals surface area contributed by atoms with Gasteiger partial charge in [0.1, 0.15) is 17.1 Å². The van der Waals surface area contributed by atoms with Crippen LogP contribution in [0.1, 0.15) is 20.8 Å². The van der Waals surface area contributed by atoms with Gasteiger partial charge in [-0.3, -0.25) is 9.59 Å². The fourth-order valence-electron chi connectivity index (χ4n) is 2.93. The van der Waals surface area contributed by atoms with Crippen LogP contribution in [0.3, 0.4) is 0 Å². The van der Waals surface area contributed by atoms with Gasteiger partial charge in [-0.15, -0.1) is 0 Å². The Morgan fingerprint density at radius 1 is 1.11 bits per heavy atom. The van der Waals surface area contributed by atoms with Crippen molar-refractivity contribution in [1.29, 1.82) is 0 Å². The Bertz CT molecular complexity index is 757. The minimum atomic E-state index is -1.15. The molecule has 2 rings (SSSR count). The molecule has 1 aromatic rings. The van der Waals surface area contributed by atoms with Gasteiger partial charge in [-0.2, -0.15) is 0 Å². The number of anilines is 1. The average Bonchev–Trinajstić information content (AvgIpc) is 3.06. The van der Waals surface area contributed by atoms with Crippen LogP contribution in [-0.2, 0) is 14.3 Å². The summed E-state index contributed by atoms with van der Waals surface area (Å²) in [7, 11) is 2.95. The van der Waals surface area contributed by atoms with Gasteiger partial charge in [-0.05, 0) is 32.9 Å². The molecule has 2 amide bonds. The van der Waals surface area contributed by atoms with Crippen LogP contribution in [0.25, 0.3) is 0 Å². The van der Waals surface area contributed by atoms with Crippen molar-refractivity contribution < 1.29 is 33.7 Å². The summed E-state index contributed by atoms with van der Waals surface area (Å²) in [5, 5.41) is 12.2. The molecule has 1 aliphatic rings. The first-order valence-corrected chi connectivity index (χ1v) is 8.79. The minimum absolute atomic E-state index is 0.0516. The molecular weight excluding hydrogens is 368 g/mol. The van der Waals surface area contributed by atoms with Crippen molar-refractivity contribution in [1.82, 2.24) is 4.90 Å². The molecule has 2 atom stereocenters. The number of aliphatic carboxylic acids is 1. The van der Waals surface area contributed by atoms with Crippen LogP contribution < -0.4 is 14.8 Å². The second kappa shape index (κ2) is 8.37. The van der Waals surface area contributed by atoms with E-state index < -0.39 is 35.4 Å². The molecule has 1 saturated heterocycles. The van der Waals surface area contributed by atoms with Crippen LogP contribution >= 0.6 is 0 Å². The maximum Gasteiger partial charge on any atom is 0.410 e. The van der Waals surface area contributed by atoms with Gasteiger partial charge in [0.25, 0.3) is 0 Å². The molecule has 0 aliphatic carbocycles.